The van der Waals surface area contributed by atoms with Gasteiger partial charge in [-0.15, -0.1) is 0 Å². The van der Waals surface area contributed by atoms with E-state index in [0.29, 0.717) is 21.3 Å². The molecular weight excluding hydrogens is 259 g/mol. The van der Waals surface area contributed by atoms with Crippen LogP contribution in [0.5, 0.6) is 0 Å². The molecule has 17 heavy (non-hydrogen) atoms. The van der Waals surface area contributed by atoms with Crippen molar-refractivity contribution in [2.24, 2.45) is 0 Å². The number of hydrogen-bond donors (Lipinski definition) is 0. The van der Waals surface area contributed by atoms with E-state index in [1.165, 1.54) is 6.33 Å². The van der Waals surface area contributed by atoms with Crippen molar-refractivity contribution in [3.05, 3.63) is 58.1 Å². The summed E-state index contributed by atoms with van der Waals surface area (Å²) in [6.07, 6.45) is 3.24. The van der Waals surface area contributed by atoms with Gasteiger partial charge in [0.05, 0.1) is 22.2 Å². The smallest absolute Gasteiger partial charge is 0.168 e. The minimum absolute atomic E-state index is 0.0535. The van der Waals surface area contributed by atoms with Gasteiger partial charge in [-0.05, 0) is 24.3 Å². The van der Waals surface area contributed by atoms with Gasteiger partial charge in [0.15, 0.2) is 5.78 Å². The zero-order valence-corrected chi connectivity index (χ0v) is 10.2. The highest BCUT2D eigenvalue weighted by molar-refractivity contribution is 6.42. The van der Waals surface area contributed by atoms with E-state index in [1.807, 2.05) is 0 Å². The second-order valence-corrected chi connectivity index (χ2v) is 4.24. The summed E-state index contributed by atoms with van der Waals surface area (Å²) in [6.45, 7) is 0. The zero-order chi connectivity index (χ0) is 12.3. The van der Waals surface area contributed by atoms with Gasteiger partial charge in [0.25, 0.3) is 0 Å². The first-order valence-electron chi connectivity index (χ1n) is 4.90. The lowest BCUT2D eigenvalue weighted by molar-refractivity contribution is 0.0992. The van der Waals surface area contributed by atoms with Crippen molar-refractivity contribution >= 4 is 29.0 Å². The summed E-state index contributed by atoms with van der Waals surface area (Å²) in [5.41, 5.74) is 1.20. The Hall–Kier alpha value is -1.45. The van der Waals surface area contributed by atoms with E-state index in [9.17, 15) is 4.79 Å². The molecule has 0 aliphatic heterocycles. The van der Waals surface area contributed by atoms with E-state index >= 15 is 0 Å². The Morgan fingerprint density at radius 2 is 2.00 bits per heavy atom. The molecule has 0 saturated carbocycles. The van der Waals surface area contributed by atoms with Crippen molar-refractivity contribution in [3.63, 3.8) is 0 Å². The van der Waals surface area contributed by atoms with Gasteiger partial charge in [0, 0.05) is 11.8 Å². The third-order valence-corrected chi connectivity index (χ3v) is 2.97. The summed E-state index contributed by atoms with van der Waals surface area (Å²) in [7, 11) is 0. The number of hydrogen-bond acceptors (Lipinski definition) is 3. The van der Waals surface area contributed by atoms with Crippen molar-refractivity contribution in [1.29, 1.82) is 0 Å². The van der Waals surface area contributed by atoms with Crippen LogP contribution in [0.25, 0.3) is 0 Å². The molecule has 0 bridgehead atoms. The molecule has 86 valence electrons. The summed E-state index contributed by atoms with van der Waals surface area (Å²) in [5, 5.41) is 0.811. The van der Waals surface area contributed by atoms with Crippen LogP contribution in [0.4, 0.5) is 0 Å². The zero-order valence-electron chi connectivity index (χ0n) is 8.73. The van der Waals surface area contributed by atoms with Crippen molar-refractivity contribution < 1.29 is 4.79 Å². The summed E-state index contributed by atoms with van der Waals surface area (Å²) in [6, 6.07) is 6.53. The average molecular weight is 267 g/mol. The highest BCUT2D eigenvalue weighted by Crippen LogP contribution is 2.23. The molecule has 1 aromatic carbocycles. The maximum atomic E-state index is 11.9. The molecule has 0 aliphatic rings. The Morgan fingerprint density at radius 3 is 2.65 bits per heavy atom. The first kappa shape index (κ1) is 12.0. The van der Waals surface area contributed by atoms with Crippen LogP contribution in [0.2, 0.25) is 10.0 Å². The molecule has 0 saturated heterocycles. The van der Waals surface area contributed by atoms with Crippen LogP contribution in [0, 0.1) is 0 Å². The van der Waals surface area contributed by atoms with Gasteiger partial charge < -0.3 is 0 Å². The second-order valence-electron chi connectivity index (χ2n) is 3.43. The van der Waals surface area contributed by atoms with Crippen LogP contribution in [0.15, 0.2) is 36.8 Å². The van der Waals surface area contributed by atoms with Crippen molar-refractivity contribution in [2.45, 2.75) is 6.42 Å². The van der Waals surface area contributed by atoms with E-state index in [1.54, 1.807) is 30.5 Å². The minimum Gasteiger partial charge on any atom is -0.294 e. The fourth-order valence-electron chi connectivity index (χ4n) is 1.36. The molecule has 0 unspecified atom stereocenters. The Balaban J connectivity index is 2.18. The number of rotatable bonds is 3. The molecule has 1 aromatic heterocycles. The largest absolute Gasteiger partial charge is 0.294 e. The maximum Gasteiger partial charge on any atom is 0.168 e. The SMILES string of the molecule is O=C(Cc1ccncn1)c1ccc(Cl)c(Cl)c1. The van der Waals surface area contributed by atoms with Gasteiger partial charge >= 0.3 is 0 Å². The lowest BCUT2D eigenvalue weighted by Gasteiger charge is -2.02. The molecule has 0 amide bonds. The summed E-state index contributed by atoms with van der Waals surface area (Å²) in [5.74, 6) is -0.0535. The maximum absolute atomic E-state index is 11.9. The topological polar surface area (TPSA) is 42.9 Å². The summed E-state index contributed by atoms with van der Waals surface area (Å²) in [4.78, 5) is 19.7. The van der Waals surface area contributed by atoms with Crippen LogP contribution >= 0.6 is 23.2 Å². The molecule has 2 rings (SSSR count). The number of aromatic nitrogens is 2. The van der Waals surface area contributed by atoms with Gasteiger partial charge in [-0.1, -0.05) is 23.2 Å². The molecule has 0 atom stereocenters. The summed E-state index contributed by atoms with van der Waals surface area (Å²) >= 11 is 11.6. The van der Waals surface area contributed by atoms with Crippen LogP contribution in [0.3, 0.4) is 0 Å². The van der Waals surface area contributed by atoms with Crippen LogP contribution in [-0.2, 0) is 6.42 Å². The monoisotopic (exact) mass is 266 g/mol. The molecule has 0 N–H and O–H groups in total. The number of carbonyl (C=O) groups excluding carboxylic acids is 1. The van der Waals surface area contributed by atoms with E-state index in [4.69, 9.17) is 23.2 Å². The number of nitrogens with zero attached hydrogens (tertiary/aromatic N) is 2. The van der Waals surface area contributed by atoms with Crippen LogP contribution in [-0.4, -0.2) is 15.8 Å². The number of Topliss-reactive ketones (excluding diaryl/α,β-unsaturated/α-hetero) is 1. The number of carbonyl (C=O) groups is 1. The quantitative estimate of drug-likeness (QED) is 0.802. The van der Waals surface area contributed by atoms with Crippen LogP contribution in [0.1, 0.15) is 16.1 Å². The van der Waals surface area contributed by atoms with Gasteiger partial charge in [-0.25, -0.2) is 9.97 Å². The number of benzene rings is 1. The Kier molecular flexibility index (Phi) is 3.71. The number of halogens is 2. The molecular formula is C12H8Cl2N2O. The van der Waals surface area contributed by atoms with Crippen molar-refractivity contribution in [2.75, 3.05) is 0 Å². The fourth-order valence-corrected chi connectivity index (χ4v) is 1.66. The van der Waals surface area contributed by atoms with Crippen molar-refractivity contribution in [1.82, 2.24) is 9.97 Å². The van der Waals surface area contributed by atoms with E-state index in [2.05, 4.69) is 9.97 Å². The van der Waals surface area contributed by atoms with E-state index < -0.39 is 0 Å². The standard InChI is InChI=1S/C12H8Cl2N2O/c13-10-2-1-8(5-11(10)14)12(17)6-9-3-4-15-7-16-9/h1-5,7H,6H2. The molecule has 2 aromatic rings. The number of ketones is 1. The van der Waals surface area contributed by atoms with Crippen molar-refractivity contribution in [3.8, 4) is 0 Å². The first-order chi connectivity index (χ1) is 8.16. The predicted molar refractivity (Wildman–Crippen MR) is 66.5 cm³/mol. The third kappa shape index (κ3) is 3.02. The highest BCUT2D eigenvalue weighted by atomic mass is 35.5. The lowest BCUT2D eigenvalue weighted by Crippen LogP contribution is -2.05. The molecule has 5 heteroatoms. The Labute approximate surface area is 108 Å². The molecule has 0 aliphatic carbocycles. The van der Waals surface area contributed by atoms with Gasteiger partial charge in [0.2, 0.25) is 0 Å². The van der Waals surface area contributed by atoms with Crippen LogP contribution < -0.4 is 0 Å². The van der Waals surface area contributed by atoms with Gasteiger partial charge in [-0.2, -0.15) is 0 Å². The second kappa shape index (κ2) is 5.25. The van der Waals surface area contributed by atoms with E-state index in [0.717, 1.165) is 0 Å². The average Bonchev–Trinajstić information content (AvgIpc) is 2.34. The Bertz CT molecular complexity index is 543. The molecule has 0 radical (unpaired) electrons. The molecule has 1 heterocycles. The minimum atomic E-state index is -0.0535. The molecule has 3 nitrogen and oxygen atoms in total. The lowest BCUT2D eigenvalue weighted by atomic mass is 10.1. The molecule has 0 fully saturated rings. The first-order valence-corrected chi connectivity index (χ1v) is 5.65. The molecule has 0 spiro atoms. The Morgan fingerprint density at radius 1 is 1.18 bits per heavy atom. The van der Waals surface area contributed by atoms with Gasteiger partial charge in [0.1, 0.15) is 6.33 Å². The third-order valence-electron chi connectivity index (χ3n) is 2.23. The predicted octanol–water partition coefficient (Wildman–Crippen LogP) is 3.21. The fraction of sp³-hybridized carbons (Fsp3) is 0.0833. The van der Waals surface area contributed by atoms with Gasteiger partial charge in [-0.3, -0.25) is 4.79 Å². The highest BCUT2D eigenvalue weighted by Gasteiger charge is 2.09. The normalized spacial score (nSPS) is 10.2. The van der Waals surface area contributed by atoms with E-state index in [-0.39, 0.29) is 12.2 Å². The summed E-state index contributed by atoms with van der Waals surface area (Å²) < 4.78 is 0.